The van der Waals surface area contributed by atoms with Gasteiger partial charge in [-0.05, 0) is 65.3 Å². The molecule has 1 nitrogen and oxygen atoms in total. The van der Waals surface area contributed by atoms with Gasteiger partial charge in [0.25, 0.3) is 0 Å². The van der Waals surface area contributed by atoms with E-state index in [2.05, 4.69) is 103 Å². The van der Waals surface area contributed by atoms with Gasteiger partial charge in [-0.15, -0.1) is 0 Å². The Hall–Kier alpha value is -1.08. The Morgan fingerprint density at radius 1 is 0.833 bits per heavy atom. The Labute approximate surface area is 152 Å². The van der Waals surface area contributed by atoms with Gasteiger partial charge in [0.2, 0.25) is 0 Å². The van der Waals surface area contributed by atoms with Crippen molar-refractivity contribution in [2.45, 2.75) is 79.2 Å². The van der Waals surface area contributed by atoms with Gasteiger partial charge in [-0.25, -0.2) is 0 Å². The fourth-order valence-electron chi connectivity index (χ4n) is 3.64. The van der Waals surface area contributed by atoms with E-state index in [9.17, 15) is 0 Å². The number of unbranched alkanes of at least 4 members (excludes halogenated alkanes) is 1. The second kappa shape index (κ2) is 12.3. The molecule has 0 aliphatic heterocycles. The minimum Gasteiger partial charge on any atom is -0.308 e. The van der Waals surface area contributed by atoms with Gasteiger partial charge in [0.1, 0.15) is 0 Å². The SMILES string of the molecule is CC=CC(C=CC)CCCCC(C)(C)CC(C=CC)(C=CC)NC. The minimum atomic E-state index is -0.0224. The summed E-state index contributed by atoms with van der Waals surface area (Å²) >= 11 is 0. The van der Waals surface area contributed by atoms with Crippen LogP contribution in [-0.4, -0.2) is 12.6 Å². The van der Waals surface area contributed by atoms with Gasteiger partial charge in [0.05, 0.1) is 5.54 Å². The maximum absolute atomic E-state index is 3.52. The quantitative estimate of drug-likeness (QED) is 0.305. The van der Waals surface area contributed by atoms with Crippen molar-refractivity contribution >= 4 is 0 Å². The molecule has 0 radical (unpaired) electrons. The first-order valence-corrected chi connectivity index (χ1v) is 9.61. The first kappa shape index (κ1) is 22.9. The largest absolute Gasteiger partial charge is 0.308 e. The standard InChI is InChI=1S/C23H41N/c1-8-14-21(15-9-2)16-12-13-19-22(5,6)20-23(24-7,17-10-3)18-11-4/h8-11,14-15,17-18,21,24H,12-13,16,19-20H2,1-7H3. The fraction of sp³-hybridized carbons (Fsp3) is 0.652. The Morgan fingerprint density at radius 2 is 1.38 bits per heavy atom. The van der Waals surface area contributed by atoms with Crippen molar-refractivity contribution in [1.82, 2.24) is 5.32 Å². The molecule has 0 saturated carbocycles. The second-order valence-electron chi connectivity index (χ2n) is 7.59. The molecule has 0 aliphatic carbocycles. The van der Waals surface area contributed by atoms with E-state index >= 15 is 0 Å². The van der Waals surface area contributed by atoms with Crippen LogP contribution in [0.15, 0.2) is 48.6 Å². The zero-order valence-corrected chi connectivity index (χ0v) is 17.2. The average Bonchev–Trinajstić information content (AvgIpc) is 2.52. The molecule has 0 aliphatic rings. The highest BCUT2D eigenvalue weighted by atomic mass is 14.9. The third-order valence-electron chi connectivity index (χ3n) is 4.68. The van der Waals surface area contributed by atoms with E-state index in [1.54, 1.807) is 0 Å². The number of hydrogen-bond acceptors (Lipinski definition) is 1. The molecule has 0 aromatic carbocycles. The van der Waals surface area contributed by atoms with Crippen molar-refractivity contribution in [2.24, 2.45) is 11.3 Å². The van der Waals surface area contributed by atoms with E-state index in [4.69, 9.17) is 0 Å². The number of nitrogens with one attached hydrogen (secondary N) is 1. The van der Waals surface area contributed by atoms with Gasteiger partial charge >= 0.3 is 0 Å². The van der Waals surface area contributed by atoms with Crippen LogP contribution in [0.1, 0.15) is 73.6 Å². The first-order chi connectivity index (χ1) is 11.4. The van der Waals surface area contributed by atoms with Crippen LogP contribution in [0.3, 0.4) is 0 Å². The molecule has 0 aromatic heterocycles. The third-order valence-corrected chi connectivity index (χ3v) is 4.68. The van der Waals surface area contributed by atoms with E-state index < -0.39 is 0 Å². The molecule has 138 valence electrons. The number of likely N-dealkylation sites (N-methyl/N-ethyl adjacent to an activating group) is 1. The summed E-state index contributed by atoms with van der Waals surface area (Å²) in [6.07, 6.45) is 24.1. The van der Waals surface area contributed by atoms with E-state index in [0.29, 0.717) is 11.3 Å². The van der Waals surface area contributed by atoms with Crippen LogP contribution >= 0.6 is 0 Å². The van der Waals surface area contributed by atoms with Crippen molar-refractivity contribution in [2.75, 3.05) is 7.05 Å². The van der Waals surface area contributed by atoms with Crippen LogP contribution in [0.2, 0.25) is 0 Å². The summed E-state index contributed by atoms with van der Waals surface area (Å²) in [5.41, 5.74) is 0.296. The summed E-state index contributed by atoms with van der Waals surface area (Å²) in [4.78, 5) is 0. The molecule has 0 heterocycles. The van der Waals surface area contributed by atoms with Crippen LogP contribution in [0, 0.1) is 11.3 Å². The van der Waals surface area contributed by atoms with Gasteiger partial charge in [0.15, 0.2) is 0 Å². The third kappa shape index (κ3) is 9.27. The van der Waals surface area contributed by atoms with Crippen molar-refractivity contribution in [3.05, 3.63) is 48.6 Å². The lowest BCUT2D eigenvalue weighted by Crippen LogP contribution is -2.43. The molecule has 0 atom stereocenters. The molecule has 0 saturated heterocycles. The lowest BCUT2D eigenvalue weighted by atomic mass is 9.74. The Balaban J connectivity index is 4.62. The van der Waals surface area contributed by atoms with Crippen LogP contribution in [-0.2, 0) is 0 Å². The van der Waals surface area contributed by atoms with Crippen molar-refractivity contribution in [1.29, 1.82) is 0 Å². The average molecular weight is 332 g/mol. The molecular formula is C23H41N. The highest BCUT2D eigenvalue weighted by Gasteiger charge is 2.30. The van der Waals surface area contributed by atoms with Gasteiger partial charge < -0.3 is 5.32 Å². The smallest absolute Gasteiger partial charge is 0.0552 e. The zero-order chi connectivity index (χ0) is 18.5. The Kier molecular flexibility index (Phi) is 11.8. The molecule has 0 unspecified atom stereocenters. The molecule has 0 aromatic rings. The summed E-state index contributed by atoms with van der Waals surface area (Å²) in [7, 11) is 2.06. The predicted octanol–water partition coefficient (Wildman–Crippen LogP) is 6.84. The lowest BCUT2D eigenvalue weighted by Gasteiger charge is -2.36. The molecular weight excluding hydrogens is 290 g/mol. The number of hydrogen-bond donors (Lipinski definition) is 1. The minimum absolute atomic E-state index is 0.0224. The van der Waals surface area contributed by atoms with Crippen LogP contribution in [0.4, 0.5) is 0 Å². The van der Waals surface area contributed by atoms with Crippen molar-refractivity contribution < 1.29 is 0 Å². The first-order valence-electron chi connectivity index (χ1n) is 9.61. The number of rotatable bonds is 12. The monoisotopic (exact) mass is 331 g/mol. The molecule has 24 heavy (non-hydrogen) atoms. The predicted molar refractivity (Wildman–Crippen MR) is 111 cm³/mol. The maximum Gasteiger partial charge on any atom is 0.0552 e. The van der Waals surface area contributed by atoms with Crippen LogP contribution < -0.4 is 5.32 Å². The second-order valence-corrected chi connectivity index (χ2v) is 7.59. The van der Waals surface area contributed by atoms with E-state index in [1.807, 2.05) is 0 Å². The molecule has 0 spiro atoms. The van der Waals surface area contributed by atoms with E-state index in [-0.39, 0.29) is 5.54 Å². The van der Waals surface area contributed by atoms with Crippen LogP contribution in [0.25, 0.3) is 0 Å². The Bertz CT molecular complexity index is 399. The van der Waals surface area contributed by atoms with Crippen molar-refractivity contribution in [3.63, 3.8) is 0 Å². The molecule has 0 amide bonds. The van der Waals surface area contributed by atoms with Crippen LogP contribution in [0.5, 0.6) is 0 Å². The number of allylic oxidation sites excluding steroid dienone is 6. The lowest BCUT2D eigenvalue weighted by molar-refractivity contribution is 0.243. The molecule has 1 heteroatoms. The summed E-state index contributed by atoms with van der Waals surface area (Å²) < 4.78 is 0. The summed E-state index contributed by atoms with van der Waals surface area (Å²) in [5.74, 6) is 0.602. The maximum atomic E-state index is 3.52. The van der Waals surface area contributed by atoms with Gasteiger partial charge in [0, 0.05) is 0 Å². The van der Waals surface area contributed by atoms with E-state index in [0.717, 1.165) is 6.42 Å². The van der Waals surface area contributed by atoms with E-state index in [1.165, 1.54) is 25.7 Å². The molecule has 0 fully saturated rings. The summed E-state index contributed by atoms with van der Waals surface area (Å²) in [6.45, 7) is 13.2. The van der Waals surface area contributed by atoms with Gasteiger partial charge in [-0.1, -0.05) is 75.3 Å². The molecule has 0 rings (SSSR count). The highest BCUT2D eigenvalue weighted by molar-refractivity contribution is 5.18. The highest BCUT2D eigenvalue weighted by Crippen LogP contribution is 2.35. The molecule has 1 N–H and O–H groups in total. The van der Waals surface area contributed by atoms with Crippen molar-refractivity contribution in [3.8, 4) is 0 Å². The topological polar surface area (TPSA) is 12.0 Å². The van der Waals surface area contributed by atoms with Gasteiger partial charge in [-0.3, -0.25) is 0 Å². The molecule has 0 bridgehead atoms. The summed E-state index contributed by atoms with van der Waals surface area (Å²) in [5, 5.41) is 3.52. The fourth-order valence-corrected chi connectivity index (χ4v) is 3.64. The normalized spacial score (nSPS) is 17.5. The Morgan fingerprint density at radius 3 is 1.79 bits per heavy atom. The summed E-state index contributed by atoms with van der Waals surface area (Å²) in [6, 6.07) is 0. The van der Waals surface area contributed by atoms with Gasteiger partial charge in [-0.2, -0.15) is 0 Å². The zero-order valence-electron chi connectivity index (χ0n) is 17.2.